The summed E-state index contributed by atoms with van der Waals surface area (Å²) in [4.78, 5) is 24.8. The molecule has 2 rings (SSSR count). The van der Waals surface area contributed by atoms with Crippen molar-refractivity contribution in [2.75, 3.05) is 13.1 Å². The van der Waals surface area contributed by atoms with E-state index < -0.39 is 12.1 Å². The summed E-state index contributed by atoms with van der Waals surface area (Å²) >= 11 is 0. The van der Waals surface area contributed by atoms with Crippen LogP contribution in [0.25, 0.3) is 0 Å². The predicted molar refractivity (Wildman–Crippen MR) is 82.2 cm³/mol. The van der Waals surface area contributed by atoms with Gasteiger partial charge in [-0.05, 0) is 31.2 Å². The molecule has 22 heavy (non-hydrogen) atoms. The second-order valence-corrected chi connectivity index (χ2v) is 5.81. The molecule has 1 aromatic rings. The van der Waals surface area contributed by atoms with Crippen molar-refractivity contribution in [3.8, 4) is 0 Å². The molecular weight excluding hydrogens is 282 g/mol. The number of hydrogen-bond acceptors (Lipinski definition) is 3. The molecule has 0 saturated carbocycles. The minimum atomic E-state index is -0.760. The first-order valence-electron chi connectivity index (χ1n) is 7.72. The molecule has 1 fully saturated rings. The van der Waals surface area contributed by atoms with Gasteiger partial charge in [-0.3, -0.25) is 9.59 Å². The molecule has 1 aliphatic rings. The number of carbonyl (C=O) groups is 2. The van der Waals surface area contributed by atoms with Crippen LogP contribution >= 0.6 is 0 Å². The van der Waals surface area contributed by atoms with Crippen molar-refractivity contribution in [3.05, 3.63) is 35.9 Å². The van der Waals surface area contributed by atoms with Crippen molar-refractivity contribution < 1.29 is 19.4 Å². The number of carboxylic acid groups (broad SMARTS) is 1. The van der Waals surface area contributed by atoms with E-state index in [1.807, 2.05) is 30.3 Å². The molecule has 120 valence electrons. The number of ether oxygens (including phenoxy) is 1. The largest absolute Gasteiger partial charge is 0.481 e. The molecule has 0 aliphatic carbocycles. The van der Waals surface area contributed by atoms with Crippen LogP contribution in [-0.2, 0) is 20.9 Å². The third-order valence-electron chi connectivity index (χ3n) is 4.08. The van der Waals surface area contributed by atoms with Gasteiger partial charge in [-0.1, -0.05) is 30.3 Å². The lowest BCUT2D eigenvalue weighted by atomic mass is 9.93. The third kappa shape index (κ3) is 4.84. The topological polar surface area (TPSA) is 66.8 Å². The van der Waals surface area contributed by atoms with E-state index in [4.69, 9.17) is 9.84 Å². The van der Waals surface area contributed by atoms with Gasteiger partial charge in [-0.25, -0.2) is 0 Å². The Balaban J connectivity index is 1.76. The van der Waals surface area contributed by atoms with E-state index in [9.17, 15) is 9.59 Å². The van der Waals surface area contributed by atoms with Crippen LogP contribution < -0.4 is 0 Å². The Hall–Kier alpha value is -1.88. The van der Waals surface area contributed by atoms with Gasteiger partial charge in [0, 0.05) is 19.5 Å². The summed E-state index contributed by atoms with van der Waals surface area (Å²) in [6, 6.07) is 9.76. The van der Waals surface area contributed by atoms with Crippen LogP contribution in [0.5, 0.6) is 0 Å². The number of rotatable bonds is 6. The average molecular weight is 305 g/mol. The van der Waals surface area contributed by atoms with E-state index in [0.717, 1.165) is 18.4 Å². The number of carboxylic acids is 1. The summed E-state index contributed by atoms with van der Waals surface area (Å²) in [5.41, 5.74) is 1.04. The Morgan fingerprint density at radius 2 is 1.91 bits per heavy atom. The van der Waals surface area contributed by atoms with Gasteiger partial charge in [-0.2, -0.15) is 0 Å². The summed E-state index contributed by atoms with van der Waals surface area (Å²) in [5.74, 6) is -0.587. The lowest BCUT2D eigenvalue weighted by Gasteiger charge is -2.33. The molecule has 5 nitrogen and oxygen atoms in total. The van der Waals surface area contributed by atoms with Gasteiger partial charge >= 0.3 is 5.97 Å². The molecule has 5 heteroatoms. The van der Waals surface area contributed by atoms with Gasteiger partial charge in [0.15, 0.2) is 0 Å². The molecular formula is C17H23NO4. The highest BCUT2D eigenvalue weighted by atomic mass is 16.5. The molecule has 1 atom stereocenters. The monoisotopic (exact) mass is 305 g/mol. The van der Waals surface area contributed by atoms with Crippen LogP contribution in [0.2, 0.25) is 0 Å². The second-order valence-electron chi connectivity index (χ2n) is 5.81. The quantitative estimate of drug-likeness (QED) is 0.876. The minimum absolute atomic E-state index is 0.00953. The minimum Gasteiger partial charge on any atom is -0.481 e. The maximum absolute atomic E-state index is 12.3. The zero-order valence-electron chi connectivity index (χ0n) is 12.9. The van der Waals surface area contributed by atoms with E-state index in [1.165, 1.54) is 0 Å². The first-order valence-corrected chi connectivity index (χ1v) is 7.72. The number of aliphatic carboxylic acids is 1. The maximum atomic E-state index is 12.3. The van der Waals surface area contributed by atoms with Gasteiger partial charge in [0.25, 0.3) is 5.91 Å². The normalized spacial score (nSPS) is 17.2. The highest BCUT2D eigenvalue weighted by molar-refractivity contribution is 5.80. The van der Waals surface area contributed by atoms with E-state index in [-0.39, 0.29) is 18.2 Å². The maximum Gasteiger partial charge on any atom is 0.303 e. The van der Waals surface area contributed by atoms with Crippen LogP contribution in [0.3, 0.4) is 0 Å². The fraction of sp³-hybridized carbons (Fsp3) is 0.529. The molecule has 1 aromatic carbocycles. The fourth-order valence-electron chi connectivity index (χ4n) is 2.73. The first kappa shape index (κ1) is 16.5. The summed E-state index contributed by atoms with van der Waals surface area (Å²) in [5, 5.41) is 8.81. The number of piperidine rings is 1. The van der Waals surface area contributed by atoms with Crippen LogP contribution in [0.15, 0.2) is 30.3 Å². The number of likely N-dealkylation sites (tertiary alicyclic amines) is 1. The molecule has 1 aliphatic heterocycles. The molecule has 1 heterocycles. The third-order valence-corrected chi connectivity index (χ3v) is 4.08. The predicted octanol–water partition coefficient (Wildman–Crippen LogP) is 2.31. The second kappa shape index (κ2) is 7.94. The van der Waals surface area contributed by atoms with Gasteiger partial charge in [0.05, 0.1) is 6.61 Å². The van der Waals surface area contributed by atoms with E-state index >= 15 is 0 Å². The van der Waals surface area contributed by atoms with Gasteiger partial charge in [0.1, 0.15) is 6.10 Å². The Kier molecular flexibility index (Phi) is 5.95. The summed E-state index contributed by atoms with van der Waals surface area (Å²) in [7, 11) is 0. The van der Waals surface area contributed by atoms with E-state index in [0.29, 0.717) is 19.7 Å². The Bertz CT molecular complexity index is 495. The number of benzene rings is 1. The molecule has 1 amide bonds. The van der Waals surface area contributed by atoms with Gasteiger partial charge < -0.3 is 14.7 Å². The lowest BCUT2D eigenvalue weighted by molar-refractivity contribution is -0.145. The molecule has 1 N–H and O–H groups in total. The van der Waals surface area contributed by atoms with E-state index in [2.05, 4.69) is 0 Å². The lowest BCUT2D eigenvalue weighted by Crippen LogP contribution is -2.44. The molecule has 0 bridgehead atoms. The SMILES string of the molecule is CC(OCc1ccccc1)C(=O)N1CCC(CC(=O)O)CC1. The molecule has 0 spiro atoms. The zero-order valence-corrected chi connectivity index (χ0v) is 12.9. The van der Waals surface area contributed by atoms with Gasteiger partial charge in [-0.15, -0.1) is 0 Å². The van der Waals surface area contributed by atoms with Crippen LogP contribution in [0.1, 0.15) is 31.7 Å². The van der Waals surface area contributed by atoms with Crippen LogP contribution in [0.4, 0.5) is 0 Å². The molecule has 0 aromatic heterocycles. The van der Waals surface area contributed by atoms with Crippen molar-refractivity contribution >= 4 is 11.9 Å². The van der Waals surface area contributed by atoms with Crippen molar-refractivity contribution in [2.24, 2.45) is 5.92 Å². The van der Waals surface area contributed by atoms with Gasteiger partial charge in [0.2, 0.25) is 0 Å². The molecule has 0 radical (unpaired) electrons. The summed E-state index contributed by atoms with van der Waals surface area (Å²) in [6.07, 6.45) is 1.23. The highest BCUT2D eigenvalue weighted by Gasteiger charge is 2.27. The van der Waals surface area contributed by atoms with Crippen LogP contribution in [0, 0.1) is 5.92 Å². The van der Waals surface area contributed by atoms with Crippen molar-refractivity contribution in [1.82, 2.24) is 4.90 Å². The number of nitrogens with zero attached hydrogens (tertiary/aromatic N) is 1. The molecule has 1 saturated heterocycles. The standard InChI is InChI=1S/C17H23NO4/c1-13(22-12-15-5-3-2-4-6-15)17(21)18-9-7-14(8-10-18)11-16(19)20/h2-6,13-14H,7-12H2,1H3,(H,19,20). The average Bonchev–Trinajstić information content (AvgIpc) is 2.53. The fourth-order valence-corrected chi connectivity index (χ4v) is 2.73. The molecule has 1 unspecified atom stereocenters. The zero-order chi connectivity index (χ0) is 15.9. The van der Waals surface area contributed by atoms with E-state index in [1.54, 1.807) is 11.8 Å². The summed E-state index contributed by atoms with van der Waals surface area (Å²) in [6.45, 7) is 3.43. The number of carbonyl (C=O) groups excluding carboxylic acids is 1. The first-order chi connectivity index (χ1) is 10.6. The Morgan fingerprint density at radius 1 is 1.27 bits per heavy atom. The summed E-state index contributed by atoms with van der Waals surface area (Å²) < 4.78 is 5.65. The van der Waals surface area contributed by atoms with Crippen molar-refractivity contribution in [1.29, 1.82) is 0 Å². The van der Waals surface area contributed by atoms with Crippen molar-refractivity contribution in [2.45, 2.75) is 38.9 Å². The number of amides is 1. The Labute approximate surface area is 130 Å². The van der Waals surface area contributed by atoms with Crippen LogP contribution in [-0.4, -0.2) is 41.1 Å². The van der Waals surface area contributed by atoms with Crippen molar-refractivity contribution in [3.63, 3.8) is 0 Å². The Morgan fingerprint density at radius 3 is 2.50 bits per heavy atom. The number of hydrogen-bond donors (Lipinski definition) is 1. The smallest absolute Gasteiger partial charge is 0.303 e. The highest BCUT2D eigenvalue weighted by Crippen LogP contribution is 2.21.